The summed E-state index contributed by atoms with van der Waals surface area (Å²) in [6.45, 7) is 1.55. The number of nitrogens with one attached hydrogen (secondary N) is 1. The Morgan fingerprint density at radius 3 is 3.11 bits per heavy atom. The maximum atomic E-state index is 11.8. The van der Waals surface area contributed by atoms with Crippen LogP contribution < -0.4 is 5.32 Å². The van der Waals surface area contributed by atoms with Crippen LogP contribution in [0, 0.1) is 18.8 Å². The molecule has 0 aliphatic rings. The number of amides is 1. The third kappa shape index (κ3) is 2.97. The Kier molecular flexibility index (Phi) is 3.77. The van der Waals surface area contributed by atoms with Gasteiger partial charge in [0.1, 0.15) is 12.4 Å². The Labute approximate surface area is 107 Å². The summed E-state index contributed by atoms with van der Waals surface area (Å²) >= 11 is 1.34. The SMILES string of the molecule is Cc1cc(NC(=O)c2csc(C#CCO)c2)no1. The van der Waals surface area contributed by atoms with Crippen LogP contribution in [-0.4, -0.2) is 22.8 Å². The van der Waals surface area contributed by atoms with Gasteiger partial charge in [-0.15, -0.1) is 11.3 Å². The molecule has 0 spiro atoms. The minimum absolute atomic E-state index is 0.197. The lowest BCUT2D eigenvalue weighted by molar-refractivity contribution is 0.102. The second-order valence-corrected chi connectivity index (χ2v) is 4.35. The lowest BCUT2D eigenvalue weighted by atomic mass is 10.3. The van der Waals surface area contributed by atoms with Crippen molar-refractivity contribution in [1.29, 1.82) is 0 Å². The van der Waals surface area contributed by atoms with E-state index < -0.39 is 0 Å². The maximum Gasteiger partial charge on any atom is 0.257 e. The Bertz CT molecular complexity index is 619. The summed E-state index contributed by atoms with van der Waals surface area (Å²) in [7, 11) is 0. The first-order valence-electron chi connectivity index (χ1n) is 5.12. The highest BCUT2D eigenvalue weighted by Gasteiger charge is 2.10. The molecule has 2 heterocycles. The summed E-state index contributed by atoms with van der Waals surface area (Å²) in [5.41, 5.74) is 0.503. The van der Waals surface area contributed by atoms with Crippen LogP contribution >= 0.6 is 11.3 Å². The van der Waals surface area contributed by atoms with Crippen LogP contribution in [0.1, 0.15) is 21.0 Å². The number of thiophene rings is 1. The molecule has 18 heavy (non-hydrogen) atoms. The molecule has 0 aliphatic carbocycles. The Morgan fingerprint density at radius 2 is 2.44 bits per heavy atom. The summed E-state index contributed by atoms with van der Waals surface area (Å²) in [4.78, 5) is 12.6. The third-order valence-electron chi connectivity index (χ3n) is 2.02. The zero-order valence-electron chi connectivity index (χ0n) is 9.56. The van der Waals surface area contributed by atoms with Gasteiger partial charge in [0, 0.05) is 11.4 Å². The third-order valence-corrected chi connectivity index (χ3v) is 2.87. The van der Waals surface area contributed by atoms with Crippen molar-refractivity contribution < 1.29 is 14.4 Å². The van der Waals surface area contributed by atoms with Crippen LogP contribution in [0.3, 0.4) is 0 Å². The number of aliphatic hydroxyl groups is 1. The van der Waals surface area contributed by atoms with Crippen molar-refractivity contribution in [2.75, 3.05) is 11.9 Å². The fraction of sp³-hybridized carbons (Fsp3) is 0.167. The average molecular weight is 262 g/mol. The van der Waals surface area contributed by atoms with Gasteiger partial charge in [-0.3, -0.25) is 4.79 Å². The number of nitrogens with zero attached hydrogens (tertiary/aromatic N) is 1. The van der Waals surface area contributed by atoms with Crippen LogP contribution in [0.4, 0.5) is 5.82 Å². The van der Waals surface area contributed by atoms with Gasteiger partial charge in [-0.2, -0.15) is 0 Å². The van der Waals surface area contributed by atoms with E-state index >= 15 is 0 Å². The molecule has 92 valence electrons. The summed E-state index contributed by atoms with van der Waals surface area (Å²) in [5.74, 6) is 6.01. The predicted octanol–water partition coefficient (Wildman–Crippen LogP) is 1.64. The van der Waals surface area contributed by atoms with Crippen LogP contribution in [0.5, 0.6) is 0 Å². The number of rotatable bonds is 2. The van der Waals surface area contributed by atoms with Crippen molar-refractivity contribution >= 4 is 23.1 Å². The van der Waals surface area contributed by atoms with E-state index in [1.807, 2.05) is 0 Å². The van der Waals surface area contributed by atoms with Crippen LogP contribution in [0.15, 0.2) is 22.0 Å². The van der Waals surface area contributed by atoms with Crippen molar-refractivity contribution in [3.63, 3.8) is 0 Å². The summed E-state index contributed by atoms with van der Waals surface area (Å²) in [5, 5.41) is 16.6. The number of hydrogen-bond donors (Lipinski definition) is 2. The molecular weight excluding hydrogens is 252 g/mol. The minimum Gasteiger partial charge on any atom is -0.384 e. The monoisotopic (exact) mass is 262 g/mol. The number of anilines is 1. The van der Waals surface area contributed by atoms with E-state index in [0.717, 1.165) is 4.88 Å². The molecular formula is C12H10N2O3S. The maximum absolute atomic E-state index is 11.8. The number of carbonyl (C=O) groups excluding carboxylic acids is 1. The van der Waals surface area contributed by atoms with Gasteiger partial charge < -0.3 is 14.9 Å². The highest BCUT2D eigenvalue weighted by Crippen LogP contribution is 2.15. The van der Waals surface area contributed by atoms with Crippen molar-refractivity contribution in [2.24, 2.45) is 0 Å². The second-order valence-electron chi connectivity index (χ2n) is 3.44. The molecule has 0 bridgehead atoms. The topological polar surface area (TPSA) is 75.4 Å². The van der Waals surface area contributed by atoms with Crippen molar-refractivity contribution in [1.82, 2.24) is 5.16 Å². The number of carbonyl (C=O) groups is 1. The Hall–Kier alpha value is -2.10. The molecule has 0 atom stereocenters. The number of aryl methyl sites for hydroxylation is 1. The molecule has 0 aliphatic heterocycles. The van der Waals surface area contributed by atoms with Gasteiger partial charge in [-0.05, 0) is 13.0 Å². The van der Waals surface area contributed by atoms with E-state index in [4.69, 9.17) is 9.63 Å². The molecule has 0 fully saturated rings. The standard InChI is InChI=1S/C12H10N2O3S/c1-8-5-11(14-17-8)13-12(16)9-6-10(18-7-9)3-2-4-15/h5-7,15H,4H2,1H3,(H,13,14,16). The van der Waals surface area contributed by atoms with Crippen molar-refractivity contribution in [3.8, 4) is 11.8 Å². The Balaban J connectivity index is 2.07. The lowest BCUT2D eigenvalue weighted by Crippen LogP contribution is -2.10. The zero-order chi connectivity index (χ0) is 13.0. The molecule has 0 saturated carbocycles. The molecule has 0 radical (unpaired) electrons. The van der Waals surface area contributed by atoms with Gasteiger partial charge in [-0.1, -0.05) is 17.0 Å². The molecule has 2 N–H and O–H groups in total. The average Bonchev–Trinajstić information content (AvgIpc) is 2.96. The minimum atomic E-state index is -0.267. The fourth-order valence-corrected chi connectivity index (χ4v) is 2.02. The normalized spacial score (nSPS) is 9.67. The quantitative estimate of drug-likeness (QED) is 0.807. The second kappa shape index (κ2) is 5.49. The lowest BCUT2D eigenvalue weighted by Gasteiger charge is -1.96. The Morgan fingerprint density at radius 1 is 1.61 bits per heavy atom. The molecule has 2 rings (SSSR count). The predicted molar refractivity (Wildman–Crippen MR) is 67.5 cm³/mol. The smallest absolute Gasteiger partial charge is 0.257 e. The van der Waals surface area contributed by atoms with Crippen molar-refractivity contribution in [3.05, 3.63) is 33.7 Å². The number of aliphatic hydroxyl groups excluding tert-OH is 1. The van der Waals surface area contributed by atoms with Gasteiger partial charge in [0.15, 0.2) is 5.82 Å². The van der Waals surface area contributed by atoms with Gasteiger partial charge in [0.05, 0.1) is 10.4 Å². The van der Waals surface area contributed by atoms with Crippen LogP contribution in [-0.2, 0) is 0 Å². The molecule has 5 nitrogen and oxygen atoms in total. The molecule has 6 heteroatoms. The first-order valence-corrected chi connectivity index (χ1v) is 6.00. The van der Waals surface area contributed by atoms with E-state index in [0.29, 0.717) is 17.1 Å². The highest BCUT2D eigenvalue weighted by atomic mass is 32.1. The first kappa shape index (κ1) is 12.4. The van der Waals surface area contributed by atoms with Crippen LogP contribution in [0.2, 0.25) is 0 Å². The van der Waals surface area contributed by atoms with Crippen molar-refractivity contribution in [2.45, 2.75) is 6.92 Å². The van der Waals surface area contributed by atoms with E-state index in [1.54, 1.807) is 24.4 Å². The molecule has 1 amide bonds. The van der Waals surface area contributed by atoms with Gasteiger partial charge >= 0.3 is 0 Å². The first-order chi connectivity index (χ1) is 8.69. The van der Waals surface area contributed by atoms with Gasteiger partial charge in [0.25, 0.3) is 5.91 Å². The number of aromatic nitrogens is 1. The largest absolute Gasteiger partial charge is 0.384 e. The van der Waals surface area contributed by atoms with Crippen LogP contribution in [0.25, 0.3) is 0 Å². The molecule has 0 aromatic carbocycles. The molecule has 2 aromatic rings. The van der Waals surface area contributed by atoms with E-state index in [9.17, 15) is 4.79 Å². The molecule has 0 unspecified atom stereocenters. The summed E-state index contributed by atoms with van der Waals surface area (Å²) < 4.78 is 4.85. The van der Waals surface area contributed by atoms with Gasteiger partial charge in [0.2, 0.25) is 0 Å². The van der Waals surface area contributed by atoms with E-state index in [-0.39, 0.29) is 12.5 Å². The van der Waals surface area contributed by atoms with Gasteiger partial charge in [-0.25, -0.2) is 0 Å². The summed E-state index contributed by atoms with van der Waals surface area (Å²) in [6.07, 6.45) is 0. The number of hydrogen-bond acceptors (Lipinski definition) is 5. The summed E-state index contributed by atoms with van der Waals surface area (Å²) in [6, 6.07) is 3.30. The van der Waals surface area contributed by atoms with E-state index in [2.05, 4.69) is 22.3 Å². The van der Waals surface area contributed by atoms with E-state index in [1.165, 1.54) is 11.3 Å². The molecule has 2 aromatic heterocycles. The molecule has 0 saturated heterocycles. The highest BCUT2D eigenvalue weighted by molar-refractivity contribution is 7.10. The zero-order valence-corrected chi connectivity index (χ0v) is 10.4. The fourth-order valence-electron chi connectivity index (χ4n) is 1.26.